The molecule has 0 unspecified atom stereocenters. The lowest BCUT2D eigenvalue weighted by Crippen LogP contribution is -2.42. The van der Waals surface area contributed by atoms with Crippen LogP contribution in [0, 0.1) is 12.8 Å². The quantitative estimate of drug-likeness (QED) is 0.513. The number of likely N-dealkylation sites (tertiary alicyclic amines) is 1. The highest BCUT2D eigenvalue weighted by Crippen LogP contribution is 2.36. The van der Waals surface area contributed by atoms with E-state index < -0.39 is 10.0 Å². The first-order chi connectivity index (χ1) is 17.8. The van der Waals surface area contributed by atoms with Crippen LogP contribution in [0.15, 0.2) is 33.8 Å². The molecule has 0 spiro atoms. The van der Waals surface area contributed by atoms with E-state index in [1.165, 1.54) is 10.2 Å². The van der Waals surface area contributed by atoms with E-state index in [1.54, 1.807) is 19.1 Å². The highest BCUT2D eigenvalue weighted by molar-refractivity contribution is 7.90. The van der Waals surface area contributed by atoms with E-state index in [-0.39, 0.29) is 16.6 Å². The Hall–Kier alpha value is -2.69. The predicted molar refractivity (Wildman–Crippen MR) is 138 cm³/mol. The van der Waals surface area contributed by atoms with E-state index >= 15 is 0 Å². The van der Waals surface area contributed by atoms with Crippen LogP contribution in [0.25, 0.3) is 10.9 Å². The number of carbonyl (C=O) groups excluding carboxylic acids is 1. The Kier molecular flexibility index (Phi) is 6.37. The lowest BCUT2D eigenvalue weighted by Gasteiger charge is -2.37. The fourth-order valence-electron chi connectivity index (χ4n) is 6.14. The zero-order valence-electron chi connectivity index (χ0n) is 21.5. The van der Waals surface area contributed by atoms with E-state index in [0.29, 0.717) is 36.0 Å². The van der Waals surface area contributed by atoms with Gasteiger partial charge in [-0.25, -0.2) is 12.4 Å². The normalized spacial score (nSPS) is 20.4. The van der Waals surface area contributed by atoms with Crippen molar-refractivity contribution < 1.29 is 22.5 Å². The van der Waals surface area contributed by atoms with Crippen molar-refractivity contribution in [3.8, 4) is 0 Å². The van der Waals surface area contributed by atoms with Gasteiger partial charge >= 0.3 is 0 Å². The Labute approximate surface area is 217 Å². The molecule has 0 aliphatic carbocycles. The zero-order chi connectivity index (χ0) is 25.7. The van der Waals surface area contributed by atoms with Gasteiger partial charge in [-0.15, -0.1) is 0 Å². The zero-order valence-corrected chi connectivity index (χ0v) is 22.3. The van der Waals surface area contributed by atoms with Gasteiger partial charge in [0.15, 0.2) is 10.7 Å². The SMILES string of the molecule is Cc1oncc1S(=O)(=O)n1c2c(c3cc(C(=O)N4CCC(C)CC4)ccc31)CN(C1CCOCC1)CC2. The largest absolute Gasteiger partial charge is 0.381 e. The van der Waals surface area contributed by atoms with Crippen molar-refractivity contribution in [3.63, 3.8) is 0 Å². The molecule has 2 aromatic heterocycles. The highest BCUT2D eigenvalue weighted by Gasteiger charge is 2.35. The predicted octanol–water partition coefficient (Wildman–Crippen LogP) is 3.58. The third kappa shape index (κ3) is 4.28. The number of carbonyl (C=O) groups is 1. The van der Waals surface area contributed by atoms with Gasteiger partial charge in [0.1, 0.15) is 0 Å². The molecular formula is C27H34N4O5S. The molecule has 198 valence electrons. The number of benzene rings is 1. The van der Waals surface area contributed by atoms with Gasteiger partial charge in [-0.05, 0) is 62.3 Å². The van der Waals surface area contributed by atoms with Gasteiger partial charge in [0.25, 0.3) is 15.9 Å². The Morgan fingerprint density at radius 1 is 1.08 bits per heavy atom. The van der Waals surface area contributed by atoms with E-state index in [2.05, 4.69) is 17.0 Å². The molecule has 0 radical (unpaired) electrons. The molecule has 37 heavy (non-hydrogen) atoms. The second-order valence-corrected chi connectivity index (χ2v) is 12.5. The van der Waals surface area contributed by atoms with E-state index in [1.807, 2.05) is 11.0 Å². The smallest absolute Gasteiger partial charge is 0.273 e. The Morgan fingerprint density at radius 2 is 1.84 bits per heavy atom. The second kappa shape index (κ2) is 9.56. The maximum Gasteiger partial charge on any atom is 0.273 e. The molecule has 10 heteroatoms. The number of hydrogen-bond donors (Lipinski definition) is 0. The maximum atomic E-state index is 13.9. The Morgan fingerprint density at radius 3 is 2.54 bits per heavy atom. The number of aryl methyl sites for hydroxylation is 1. The number of fused-ring (bicyclic) bond motifs is 3. The number of piperidine rings is 1. The van der Waals surface area contributed by atoms with Crippen LogP contribution < -0.4 is 0 Å². The van der Waals surface area contributed by atoms with Crippen LogP contribution in [-0.4, -0.2) is 72.1 Å². The molecule has 0 N–H and O–H groups in total. The summed E-state index contributed by atoms with van der Waals surface area (Å²) >= 11 is 0. The van der Waals surface area contributed by atoms with Gasteiger partial charge in [-0.3, -0.25) is 9.69 Å². The highest BCUT2D eigenvalue weighted by atomic mass is 32.2. The summed E-state index contributed by atoms with van der Waals surface area (Å²) in [6.07, 6.45) is 5.85. The summed E-state index contributed by atoms with van der Waals surface area (Å²) in [6, 6.07) is 5.90. The minimum Gasteiger partial charge on any atom is -0.381 e. The average molecular weight is 527 g/mol. The van der Waals surface area contributed by atoms with Crippen LogP contribution in [0.5, 0.6) is 0 Å². The van der Waals surface area contributed by atoms with E-state index in [0.717, 1.165) is 75.2 Å². The third-order valence-corrected chi connectivity index (χ3v) is 10.2. The van der Waals surface area contributed by atoms with E-state index in [9.17, 15) is 13.2 Å². The summed E-state index contributed by atoms with van der Waals surface area (Å²) in [6.45, 7) is 8.30. The van der Waals surface area contributed by atoms with E-state index in [4.69, 9.17) is 9.26 Å². The van der Waals surface area contributed by atoms with Gasteiger partial charge in [0.2, 0.25) is 0 Å². The Balaban J connectivity index is 1.45. The lowest BCUT2D eigenvalue weighted by atomic mass is 9.97. The summed E-state index contributed by atoms with van der Waals surface area (Å²) in [5, 5.41) is 4.55. The van der Waals surface area contributed by atoms with Crippen LogP contribution >= 0.6 is 0 Å². The molecule has 6 rings (SSSR count). The molecular weight excluding hydrogens is 492 g/mol. The van der Waals surface area contributed by atoms with Gasteiger partial charge < -0.3 is 14.2 Å². The topological polar surface area (TPSA) is 97.9 Å². The van der Waals surface area contributed by atoms with Crippen molar-refractivity contribution in [3.05, 3.63) is 47.0 Å². The number of rotatable bonds is 4. The molecule has 3 aliphatic rings. The fourth-order valence-corrected chi connectivity index (χ4v) is 7.82. The molecule has 2 fully saturated rings. The molecule has 3 aliphatic heterocycles. The standard InChI is InChI=1S/C27H34N4O5S/c1-18-5-10-29(11-6-18)27(32)20-3-4-24-22(15-20)23-17-30(21-8-13-35-14-9-21)12-7-25(23)31(24)37(33,34)26-16-28-36-19(26)2/h3-4,15-16,18,21H,5-14,17H2,1-2H3. The molecule has 5 heterocycles. The number of amides is 1. The molecule has 2 saturated heterocycles. The summed E-state index contributed by atoms with van der Waals surface area (Å²) in [4.78, 5) is 17.9. The van der Waals surface area contributed by atoms with Crippen LogP contribution in [-0.2, 0) is 27.7 Å². The lowest BCUT2D eigenvalue weighted by molar-refractivity contribution is 0.0290. The van der Waals surface area contributed by atoms with Gasteiger partial charge in [0, 0.05) is 68.5 Å². The minimum absolute atomic E-state index is 0.0186. The molecule has 0 atom stereocenters. The maximum absolute atomic E-state index is 13.9. The summed E-state index contributed by atoms with van der Waals surface area (Å²) in [7, 11) is -3.93. The van der Waals surface area contributed by atoms with Crippen LogP contribution in [0.2, 0.25) is 0 Å². The number of aromatic nitrogens is 2. The summed E-state index contributed by atoms with van der Waals surface area (Å²) in [5.74, 6) is 0.918. The molecule has 1 amide bonds. The molecule has 3 aromatic rings. The van der Waals surface area contributed by atoms with Crippen molar-refractivity contribution >= 4 is 26.8 Å². The molecule has 1 aromatic carbocycles. The first-order valence-electron chi connectivity index (χ1n) is 13.3. The fraction of sp³-hybridized carbons (Fsp3) is 0.556. The first kappa shape index (κ1) is 24.6. The van der Waals surface area contributed by atoms with Crippen molar-refractivity contribution in [1.82, 2.24) is 18.9 Å². The van der Waals surface area contributed by atoms with Gasteiger partial charge in [0.05, 0.1) is 11.7 Å². The Bertz CT molecular complexity index is 1430. The number of hydrogen-bond acceptors (Lipinski definition) is 7. The molecule has 0 saturated carbocycles. The average Bonchev–Trinajstić information content (AvgIpc) is 3.50. The third-order valence-electron chi connectivity index (χ3n) is 8.38. The van der Waals surface area contributed by atoms with Gasteiger partial charge in [-0.1, -0.05) is 12.1 Å². The minimum atomic E-state index is -3.93. The van der Waals surface area contributed by atoms with Crippen molar-refractivity contribution in [2.75, 3.05) is 32.8 Å². The molecule has 9 nitrogen and oxygen atoms in total. The monoisotopic (exact) mass is 526 g/mol. The van der Waals surface area contributed by atoms with Gasteiger partial charge in [-0.2, -0.15) is 0 Å². The molecule has 0 bridgehead atoms. The summed E-state index contributed by atoms with van der Waals surface area (Å²) < 4.78 is 40.0. The number of nitrogens with zero attached hydrogens (tertiary/aromatic N) is 4. The first-order valence-corrected chi connectivity index (χ1v) is 14.7. The second-order valence-electron chi connectivity index (χ2n) is 10.7. The van der Waals surface area contributed by atoms with Crippen LogP contribution in [0.4, 0.5) is 0 Å². The summed E-state index contributed by atoms with van der Waals surface area (Å²) in [5.41, 5.74) is 3.00. The van der Waals surface area contributed by atoms with Crippen molar-refractivity contribution in [1.29, 1.82) is 0 Å². The number of ether oxygens (including phenoxy) is 1. The van der Waals surface area contributed by atoms with Crippen LogP contribution in [0.3, 0.4) is 0 Å². The van der Waals surface area contributed by atoms with Crippen molar-refractivity contribution in [2.24, 2.45) is 5.92 Å². The van der Waals surface area contributed by atoms with Crippen LogP contribution in [0.1, 0.15) is 60.0 Å². The van der Waals surface area contributed by atoms with Crippen molar-refractivity contribution in [2.45, 2.75) is 63.4 Å².